The Labute approximate surface area is 211 Å². The van der Waals surface area contributed by atoms with Crippen LogP contribution in [0, 0.1) is 0 Å². The quantitative estimate of drug-likeness (QED) is 0.391. The van der Waals surface area contributed by atoms with Crippen LogP contribution in [0.3, 0.4) is 0 Å². The first-order valence-corrected chi connectivity index (χ1v) is 11.1. The molecule has 0 aromatic heterocycles. The van der Waals surface area contributed by atoms with Gasteiger partial charge in [0.05, 0.1) is 16.3 Å². The van der Waals surface area contributed by atoms with Gasteiger partial charge in [-0.05, 0) is 42.0 Å². The number of nitrogens with two attached hydrogens (primary N) is 1. The van der Waals surface area contributed by atoms with E-state index in [4.69, 9.17) is 38.4 Å². The number of hydrogen-bond acceptors (Lipinski definition) is 6. The summed E-state index contributed by atoms with van der Waals surface area (Å²) < 4.78 is 11.3. The molecule has 3 aromatic carbocycles. The number of halogens is 2. The maximum atomic E-state index is 12.6. The molecule has 3 rings (SSSR count). The minimum Gasteiger partial charge on any atom is -0.483 e. The summed E-state index contributed by atoms with van der Waals surface area (Å²) in [6.07, 6.45) is 0. The predicted molar refractivity (Wildman–Crippen MR) is 134 cm³/mol. The predicted octanol–water partition coefficient (Wildman–Crippen LogP) is 3.79. The third-order valence-corrected chi connectivity index (χ3v) is 5.50. The summed E-state index contributed by atoms with van der Waals surface area (Å²) >= 11 is 12.3. The van der Waals surface area contributed by atoms with E-state index in [-0.39, 0.29) is 51.6 Å². The van der Waals surface area contributed by atoms with Gasteiger partial charge in [0, 0.05) is 36.4 Å². The second-order valence-corrected chi connectivity index (χ2v) is 8.52. The largest absolute Gasteiger partial charge is 0.483 e. The van der Waals surface area contributed by atoms with E-state index in [0.717, 1.165) is 5.56 Å². The molecule has 2 amide bonds. The fraction of sp³-hybridized carbons (Fsp3) is 0.208. The minimum atomic E-state index is -1.15. The second kappa shape index (κ2) is 11.3. The number of aromatic carboxylic acids is 1. The molecule has 0 saturated heterocycles. The zero-order valence-electron chi connectivity index (χ0n) is 18.9. The van der Waals surface area contributed by atoms with Gasteiger partial charge < -0.3 is 30.5 Å². The Bertz CT molecular complexity index is 1300. The van der Waals surface area contributed by atoms with Crippen molar-refractivity contribution in [2.24, 2.45) is 5.73 Å². The van der Waals surface area contributed by atoms with E-state index in [9.17, 15) is 19.5 Å². The van der Waals surface area contributed by atoms with Crippen molar-refractivity contribution in [1.29, 1.82) is 0 Å². The Morgan fingerprint density at radius 1 is 1.00 bits per heavy atom. The van der Waals surface area contributed by atoms with E-state index >= 15 is 0 Å². The highest BCUT2D eigenvalue weighted by molar-refractivity contribution is 6.39. The van der Waals surface area contributed by atoms with Gasteiger partial charge in [-0.3, -0.25) is 9.59 Å². The second-order valence-electron chi connectivity index (χ2n) is 7.67. The van der Waals surface area contributed by atoms with Crippen LogP contribution in [0.4, 0.5) is 5.69 Å². The molecule has 0 spiro atoms. The Kier molecular flexibility index (Phi) is 8.39. The third-order valence-electron chi connectivity index (χ3n) is 4.99. The molecule has 0 fully saturated rings. The lowest BCUT2D eigenvalue weighted by Crippen LogP contribution is -2.28. The molecular formula is C24H23Cl2N3O6. The van der Waals surface area contributed by atoms with Crippen molar-refractivity contribution in [1.82, 2.24) is 4.90 Å². The van der Waals surface area contributed by atoms with Crippen molar-refractivity contribution in [2.75, 3.05) is 32.6 Å². The average molecular weight is 520 g/mol. The molecule has 3 aromatic rings. The summed E-state index contributed by atoms with van der Waals surface area (Å²) in [5.41, 5.74) is 6.77. The number of carbonyl (C=O) groups excluding carboxylic acids is 2. The molecule has 0 atom stereocenters. The first-order valence-electron chi connectivity index (χ1n) is 10.3. The van der Waals surface area contributed by atoms with Crippen LogP contribution in [-0.2, 0) is 16.1 Å². The van der Waals surface area contributed by atoms with Crippen LogP contribution in [0.2, 0.25) is 10.0 Å². The van der Waals surface area contributed by atoms with Crippen molar-refractivity contribution in [3.05, 3.63) is 63.6 Å². The summed E-state index contributed by atoms with van der Waals surface area (Å²) in [7, 11) is 3.21. The number of hydrogen-bond donors (Lipinski definition) is 3. The smallest absolute Gasteiger partial charge is 0.336 e. The molecule has 4 N–H and O–H groups in total. The van der Waals surface area contributed by atoms with E-state index in [2.05, 4.69) is 5.32 Å². The normalized spacial score (nSPS) is 10.7. The van der Waals surface area contributed by atoms with Gasteiger partial charge in [-0.15, -0.1) is 0 Å². The number of nitrogens with one attached hydrogen (secondary N) is 1. The molecule has 0 aliphatic heterocycles. The van der Waals surface area contributed by atoms with Gasteiger partial charge in [-0.25, -0.2) is 4.79 Å². The van der Waals surface area contributed by atoms with Crippen LogP contribution in [-0.4, -0.2) is 55.1 Å². The van der Waals surface area contributed by atoms with Gasteiger partial charge in [0.2, 0.25) is 0 Å². The molecular weight excluding hydrogens is 497 g/mol. The van der Waals surface area contributed by atoms with Crippen molar-refractivity contribution in [3.8, 4) is 11.5 Å². The van der Waals surface area contributed by atoms with Crippen molar-refractivity contribution in [3.63, 3.8) is 0 Å². The van der Waals surface area contributed by atoms with Crippen molar-refractivity contribution in [2.45, 2.75) is 6.54 Å². The number of carboxylic acid groups (broad SMARTS) is 1. The zero-order valence-corrected chi connectivity index (χ0v) is 20.4. The molecule has 0 aliphatic carbocycles. The molecule has 35 heavy (non-hydrogen) atoms. The number of carboxylic acids is 1. The van der Waals surface area contributed by atoms with E-state index in [1.54, 1.807) is 32.3 Å². The van der Waals surface area contributed by atoms with Crippen molar-refractivity contribution >= 4 is 57.4 Å². The molecule has 0 saturated carbocycles. The van der Waals surface area contributed by atoms with E-state index in [1.807, 2.05) is 0 Å². The van der Waals surface area contributed by atoms with Gasteiger partial charge in [0.1, 0.15) is 11.5 Å². The van der Waals surface area contributed by atoms with E-state index < -0.39 is 18.5 Å². The van der Waals surface area contributed by atoms with Crippen molar-refractivity contribution < 1.29 is 29.0 Å². The number of ether oxygens (including phenoxy) is 2. The van der Waals surface area contributed by atoms with Crippen LogP contribution >= 0.6 is 23.2 Å². The summed E-state index contributed by atoms with van der Waals surface area (Å²) in [4.78, 5) is 37.5. The molecule has 0 bridgehead atoms. The lowest BCUT2D eigenvalue weighted by Gasteiger charge is -2.16. The Hall–Kier alpha value is -3.53. The number of likely N-dealkylation sites (N-methyl/N-ethyl adjacent to an activating group) is 1. The maximum Gasteiger partial charge on any atom is 0.336 e. The molecule has 9 nitrogen and oxygen atoms in total. The lowest BCUT2D eigenvalue weighted by molar-refractivity contribution is -0.130. The molecule has 11 heteroatoms. The van der Waals surface area contributed by atoms with E-state index in [0.29, 0.717) is 11.1 Å². The standard InChI is InChI=1S/C24H23Cl2N3O6/c1-29(2)22(31)12-35-20-7-13(10-27)3-5-18(20)28-21(30)11-34-19-6-4-15(24(32)33)16-8-14(25)9-17(26)23(16)19/h3-9H,10-12,27H2,1-2H3,(H,28,30)(H,32,33). The highest BCUT2D eigenvalue weighted by atomic mass is 35.5. The zero-order chi connectivity index (χ0) is 25.7. The van der Waals surface area contributed by atoms with Crippen LogP contribution in [0.15, 0.2) is 42.5 Å². The molecule has 184 valence electrons. The minimum absolute atomic E-state index is 0.00439. The molecule has 0 radical (unpaired) electrons. The van der Waals surface area contributed by atoms with Crippen LogP contribution in [0.25, 0.3) is 10.8 Å². The van der Waals surface area contributed by atoms with Gasteiger partial charge in [0.25, 0.3) is 11.8 Å². The average Bonchev–Trinajstić information content (AvgIpc) is 2.80. The first-order chi connectivity index (χ1) is 16.6. The lowest BCUT2D eigenvalue weighted by atomic mass is 10.0. The van der Waals surface area contributed by atoms with Crippen LogP contribution in [0.5, 0.6) is 11.5 Å². The number of nitrogens with zero attached hydrogens (tertiary/aromatic N) is 1. The molecule has 0 aliphatic rings. The van der Waals surface area contributed by atoms with Crippen LogP contribution < -0.4 is 20.5 Å². The Morgan fingerprint density at radius 2 is 1.71 bits per heavy atom. The third kappa shape index (κ3) is 6.33. The number of fused-ring (bicyclic) bond motifs is 1. The number of carbonyl (C=O) groups is 3. The topological polar surface area (TPSA) is 131 Å². The number of amides is 2. The molecule has 0 unspecified atom stereocenters. The van der Waals surface area contributed by atoms with Gasteiger partial charge >= 0.3 is 5.97 Å². The summed E-state index contributed by atoms with van der Waals surface area (Å²) in [5, 5.41) is 13.2. The number of benzene rings is 3. The highest BCUT2D eigenvalue weighted by Gasteiger charge is 2.17. The summed E-state index contributed by atoms with van der Waals surface area (Å²) in [6.45, 7) is -0.377. The van der Waals surface area contributed by atoms with Gasteiger partial charge in [0.15, 0.2) is 13.2 Å². The van der Waals surface area contributed by atoms with Crippen LogP contribution in [0.1, 0.15) is 15.9 Å². The highest BCUT2D eigenvalue weighted by Crippen LogP contribution is 2.37. The monoisotopic (exact) mass is 519 g/mol. The fourth-order valence-electron chi connectivity index (χ4n) is 3.19. The van der Waals surface area contributed by atoms with Gasteiger partial charge in [-0.1, -0.05) is 29.3 Å². The first kappa shape index (κ1) is 26.1. The summed E-state index contributed by atoms with van der Waals surface area (Å²) in [6, 6.07) is 10.7. The summed E-state index contributed by atoms with van der Waals surface area (Å²) in [5.74, 6) is -1.43. The maximum absolute atomic E-state index is 12.6. The number of rotatable bonds is 9. The SMILES string of the molecule is CN(C)C(=O)COc1cc(CN)ccc1NC(=O)COc1ccc(C(=O)O)c2cc(Cl)cc(Cl)c12. The fourth-order valence-corrected chi connectivity index (χ4v) is 3.78. The van der Waals surface area contributed by atoms with Gasteiger partial charge in [-0.2, -0.15) is 0 Å². The number of anilines is 1. The van der Waals surface area contributed by atoms with E-state index in [1.165, 1.54) is 29.2 Å². The molecule has 0 heterocycles. The Morgan fingerprint density at radius 3 is 2.37 bits per heavy atom. The Balaban J connectivity index is 1.79.